The molecule has 1 saturated heterocycles. The van der Waals surface area contributed by atoms with E-state index in [1.807, 2.05) is 0 Å². The van der Waals surface area contributed by atoms with Crippen LogP contribution in [0.3, 0.4) is 0 Å². The zero-order valence-electron chi connectivity index (χ0n) is 9.40. The van der Waals surface area contributed by atoms with Crippen LogP contribution >= 0.6 is 12.4 Å². The van der Waals surface area contributed by atoms with Gasteiger partial charge in [-0.2, -0.15) is 0 Å². The highest BCUT2D eigenvalue weighted by molar-refractivity contribution is 5.96. The molecule has 6 heteroatoms. The molecular weight excluding hydrogens is 230 g/mol. The Bertz CT molecular complexity index is 372. The fourth-order valence-corrected chi connectivity index (χ4v) is 1.92. The van der Waals surface area contributed by atoms with Crippen LogP contribution in [-0.4, -0.2) is 35.1 Å². The smallest absolute Gasteiger partial charge is 0.259 e. The minimum Gasteiger partial charge on any atom is -0.361 e. The summed E-state index contributed by atoms with van der Waals surface area (Å²) < 4.78 is 4.97. The molecule has 0 spiro atoms. The Kier molecular flexibility index (Phi) is 3.93. The minimum absolute atomic E-state index is 0. The van der Waals surface area contributed by atoms with E-state index >= 15 is 0 Å². The van der Waals surface area contributed by atoms with Gasteiger partial charge in [-0.25, -0.2) is 0 Å². The lowest BCUT2D eigenvalue weighted by molar-refractivity contribution is 0.0788. The van der Waals surface area contributed by atoms with Gasteiger partial charge in [0.05, 0.1) is 5.69 Å². The first kappa shape index (κ1) is 13.0. The third-order valence-electron chi connectivity index (χ3n) is 2.76. The van der Waals surface area contributed by atoms with Crippen LogP contribution in [0.2, 0.25) is 0 Å². The summed E-state index contributed by atoms with van der Waals surface area (Å²) in [6.07, 6.45) is 0.870. The molecule has 1 amide bonds. The lowest BCUT2D eigenvalue weighted by Crippen LogP contribution is -2.32. The maximum absolute atomic E-state index is 12.1. The van der Waals surface area contributed by atoms with Gasteiger partial charge in [0.15, 0.2) is 0 Å². The predicted molar refractivity (Wildman–Crippen MR) is 61.7 cm³/mol. The maximum atomic E-state index is 12.1. The van der Waals surface area contributed by atoms with Gasteiger partial charge in [0, 0.05) is 19.1 Å². The average molecular weight is 246 g/mol. The van der Waals surface area contributed by atoms with Gasteiger partial charge in [-0.15, -0.1) is 12.4 Å². The van der Waals surface area contributed by atoms with Crippen LogP contribution in [-0.2, 0) is 0 Å². The van der Waals surface area contributed by atoms with E-state index in [9.17, 15) is 4.79 Å². The number of halogens is 1. The molecule has 1 aliphatic heterocycles. The molecule has 0 aliphatic carbocycles. The van der Waals surface area contributed by atoms with Crippen LogP contribution in [0.15, 0.2) is 4.52 Å². The monoisotopic (exact) mass is 245 g/mol. The molecule has 90 valence electrons. The summed E-state index contributed by atoms with van der Waals surface area (Å²) in [4.78, 5) is 13.8. The number of aromatic nitrogens is 1. The van der Waals surface area contributed by atoms with Crippen LogP contribution in [0.5, 0.6) is 0 Å². The maximum Gasteiger partial charge on any atom is 0.259 e. The zero-order valence-corrected chi connectivity index (χ0v) is 10.2. The summed E-state index contributed by atoms with van der Waals surface area (Å²) in [6, 6.07) is 0.106. The van der Waals surface area contributed by atoms with E-state index in [1.54, 1.807) is 18.7 Å². The highest BCUT2D eigenvalue weighted by atomic mass is 35.5. The van der Waals surface area contributed by atoms with Gasteiger partial charge < -0.3 is 15.2 Å². The first-order valence-corrected chi connectivity index (χ1v) is 5.07. The third-order valence-corrected chi connectivity index (χ3v) is 2.76. The summed E-state index contributed by atoms with van der Waals surface area (Å²) in [7, 11) is 0. The van der Waals surface area contributed by atoms with Crippen molar-refractivity contribution in [3.05, 3.63) is 17.0 Å². The summed E-state index contributed by atoms with van der Waals surface area (Å²) in [6.45, 7) is 4.88. The molecule has 1 aliphatic rings. The number of nitrogens with zero attached hydrogens (tertiary/aromatic N) is 2. The van der Waals surface area contributed by atoms with Gasteiger partial charge in [0.1, 0.15) is 11.3 Å². The van der Waals surface area contributed by atoms with Crippen molar-refractivity contribution in [2.75, 3.05) is 13.1 Å². The van der Waals surface area contributed by atoms with Crippen molar-refractivity contribution in [3.8, 4) is 0 Å². The lowest BCUT2D eigenvalue weighted by Gasteiger charge is -2.15. The Balaban J connectivity index is 0.00000128. The van der Waals surface area contributed by atoms with Gasteiger partial charge in [-0.3, -0.25) is 4.79 Å². The Labute approximate surface area is 100 Å². The molecule has 2 rings (SSSR count). The molecule has 1 aromatic rings. The molecule has 0 bridgehead atoms. The van der Waals surface area contributed by atoms with E-state index in [0.717, 1.165) is 13.0 Å². The Morgan fingerprint density at radius 1 is 1.56 bits per heavy atom. The molecule has 16 heavy (non-hydrogen) atoms. The molecular formula is C10H16ClN3O2. The topological polar surface area (TPSA) is 72.4 Å². The number of hydrogen-bond donors (Lipinski definition) is 1. The molecule has 2 heterocycles. The van der Waals surface area contributed by atoms with Gasteiger partial charge in [-0.1, -0.05) is 5.16 Å². The number of hydrogen-bond acceptors (Lipinski definition) is 4. The van der Waals surface area contributed by atoms with Gasteiger partial charge in [-0.05, 0) is 20.3 Å². The largest absolute Gasteiger partial charge is 0.361 e. The molecule has 0 aromatic carbocycles. The van der Waals surface area contributed by atoms with Crippen molar-refractivity contribution in [1.82, 2.24) is 10.1 Å². The van der Waals surface area contributed by atoms with E-state index < -0.39 is 0 Å². The van der Waals surface area contributed by atoms with E-state index in [-0.39, 0.29) is 24.4 Å². The lowest BCUT2D eigenvalue weighted by atomic mass is 10.2. The highest BCUT2D eigenvalue weighted by Crippen LogP contribution is 2.18. The summed E-state index contributed by atoms with van der Waals surface area (Å²) in [5.41, 5.74) is 7.00. The number of likely N-dealkylation sites (tertiary alicyclic amines) is 1. The SMILES string of the molecule is Cc1noc(C)c1C(=O)N1CC[C@@H](N)C1.Cl. The Hall–Kier alpha value is -1.07. The van der Waals surface area contributed by atoms with Crippen molar-refractivity contribution in [2.24, 2.45) is 5.73 Å². The molecule has 0 saturated carbocycles. The number of rotatable bonds is 1. The number of aryl methyl sites for hydroxylation is 2. The van der Waals surface area contributed by atoms with Crippen LogP contribution < -0.4 is 5.73 Å². The molecule has 1 atom stereocenters. The van der Waals surface area contributed by atoms with E-state index in [1.165, 1.54) is 0 Å². The van der Waals surface area contributed by atoms with Crippen LogP contribution in [0, 0.1) is 13.8 Å². The predicted octanol–water partition coefficient (Wildman–Crippen LogP) is 0.886. The van der Waals surface area contributed by atoms with Crippen molar-refractivity contribution in [1.29, 1.82) is 0 Å². The van der Waals surface area contributed by atoms with Crippen LogP contribution in [0.25, 0.3) is 0 Å². The van der Waals surface area contributed by atoms with Crippen molar-refractivity contribution in [2.45, 2.75) is 26.3 Å². The first-order valence-electron chi connectivity index (χ1n) is 5.07. The number of carbonyl (C=O) groups excluding carboxylic acids is 1. The molecule has 1 aromatic heterocycles. The second-order valence-electron chi connectivity index (χ2n) is 4.00. The van der Waals surface area contributed by atoms with Crippen LogP contribution in [0.4, 0.5) is 0 Å². The van der Waals surface area contributed by atoms with Gasteiger partial charge in [0.2, 0.25) is 0 Å². The van der Waals surface area contributed by atoms with Crippen molar-refractivity contribution in [3.63, 3.8) is 0 Å². The number of amides is 1. The number of nitrogens with two attached hydrogens (primary N) is 1. The molecule has 2 N–H and O–H groups in total. The minimum atomic E-state index is -0.0146. The second kappa shape index (κ2) is 4.84. The van der Waals surface area contributed by atoms with Crippen LogP contribution in [0.1, 0.15) is 28.2 Å². The van der Waals surface area contributed by atoms with E-state index in [2.05, 4.69) is 5.16 Å². The standard InChI is InChI=1S/C10H15N3O2.ClH/c1-6-9(7(2)15-12-6)10(14)13-4-3-8(11)5-13;/h8H,3-5,11H2,1-2H3;1H/t8-;/m1./s1. The van der Waals surface area contributed by atoms with Gasteiger partial charge in [0.25, 0.3) is 5.91 Å². The van der Waals surface area contributed by atoms with Crippen molar-refractivity contribution >= 4 is 18.3 Å². The second-order valence-corrected chi connectivity index (χ2v) is 4.00. The quantitative estimate of drug-likeness (QED) is 0.798. The highest BCUT2D eigenvalue weighted by Gasteiger charge is 2.28. The first-order chi connectivity index (χ1) is 7.09. The molecule has 5 nitrogen and oxygen atoms in total. The average Bonchev–Trinajstić information content (AvgIpc) is 2.73. The van der Waals surface area contributed by atoms with Crippen molar-refractivity contribution < 1.29 is 9.32 Å². The Morgan fingerprint density at radius 3 is 2.69 bits per heavy atom. The fourth-order valence-electron chi connectivity index (χ4n) is 1.92. The zero-order chi connectivity index (χ0) is 11.0. The molecule has 0 unspecified atom stereocenters. The molecule has 0 radical (unpaired) electrons. The Morgan fingerprint density at radius 2 is 2.25 bits per heavy atom. The summed E-state index contributed by atoms with van der Waals surface area (Å²) >= 11 is 0. The fraction of sp³-hybridized carbons (Fsp3) is 0.600. The number of carbonyl (C=O) groups is 1. The third kappa shape index (κ3) is 2.20. The molecule has 1 fully saturated rings. The van der Waals surface area contributed by atoms with E-state index in [0.29, 0.717) is 23.6 Å². The summed E-state index contributed by atoms with van der Waals surface area (Å²) in [5.74, 6) is 0.567. The van der Waals surface area contributed by atoms with E-state index in [4.69, 9.17) is 10.3 Å². The van der Waals surface area contributed by atoms with Gasteiger partial charge >= 0.3 is 0 Å². The summed E-state index contributed by atoms with van der Waals surface area (Å²) in [5, 5.41) is 3.77. The normalized spacial score (nSPS) is 19.7.